The van der Waals surface area contributed by atoms with Crippen molar-refractivity contribution in [2.75, 3.05) is 13.2 Å². The van der Waals surface area contributed by atoms with Gasteiger partial charge >= 0.3 is 0 Å². The highest BCUT2D eigenvalue weighted by Crippen LogP contribution is 2.24. The molecule has 0 radical (unpaired) electrons. The molecule has 6 N–H and O–H groups in total. The SMILES string of the molecule is CCCCCCCCCCCC/C=C/[C@@H](O)[C@H](CO[C@@H]1O[C@H](CO)[C@H](O)[C@H](O)[C@H]1O)C(=O)[C@H](O)CCCCCCCCCCCCCCCCCCCCCC. The number of aliphatic hydroxyl groups excluding tert-OH is 6. The molecule has 8 atom stereocenters. The van der Waals surface area contributed by atoms with Crippen LogP contribution in [0, 0.1) is 5.92 Å². The number of hydrogen-bond acceptors (Lipinski definition) is 9. The first-order valence-electron chi connectivity index (χ1n) is 23.8. The van der Waals surface area contributed by atoms with Crippen LogP contribution in [-0.2, 0) is 14.3 Å². The number of unbranched alkanes of at least 4 members (excludes halogenated alkanes) is 29. The Morgan fingerprint density at radius 3 is 1.38 bits per heavy atom. The summed E-state index contributed by atoms with van der Waals surface area (Å²) in [6.07, 6.45) is 32.6. The topological polar surface area (TPSA) is 157 Å². The molecule has 56 heavy (non-hydrogen) atoms. The molecule has 0 bridgehead atoms. The third-order valence-corrected chi connectivity index (χ3v) is 11.8. The zero-order chi connectivity index (χ0) is 41.1. The molecule has 9 heteroatoms. The number of allylic oxidation sites excluding steroid dienone is 1. The zero-order valence-electron chi connectivity index (χ0n) is 36.2. The van der Waals surface area contributed by atoms with E-state index in [1.807, 2.05) is 6.08 Å². The molecule has 332 valence electrons. The van der Waals surface area contributed by atoms with Crippen LogP contribution in [0.3, 0.4) is 0 Å². The molecule has 0 saturated carbocycles. The number of ketones is 1. The quantitative estimate of drug-likeness (QED) is 0.0262. The summed E-state index contributed by atoms with van der Waals surface area (Å²) < 4.78 is 11.1. The standard InChI is InChI=1S/C47H90O9/c1-3-5-7-9-11-13-15-17-18-19-20-21-22-23-24-26-28-30-32-34-36-41(50)43(51)39(38-55-47-46(54)45(53)44(52)42(37-48)56-47)40(49)35-33-31-29-27-25-16-14-12-10-8-6-4-2/h33,35,39-42,44-50,52-54H,3-32,34,36-38H2,1-2H3/b35-33+/t39-,40+,41+,42+,44-,45-,46+,47+/m0/s1. The number of aliphatic hydroxyl groups is 6. The van der Waals surface area contributed by atoms with Crippen LogP contribution in [0.2, 0.25) is 0 Å². The molecular weight excluding hydrogens is 709 g/mol. The molecule has 1 aliphatic heterocycles. The summed E-state index contributed by atoms with van der Waals surface area (Å²) in [4.78, 5) is 13.5. The highest BCUT2D eigenvalue weighted by molar-refractivity contribution is 5.86. The maximum Gasteiger partial charge on any atom is 0.186 e. The lowest BCUT2D eigenvalue weighted by Crippen LogP contribution is -2.59. The van der Waals surface area contributed by atoms with Gasteiger partial charge in [-0.05, 0) is 19.3 Å². The summed E-state index contributed by atoms with van der Waals surface area (Å²) in [6, 6.07) is 0. The van der Waals surface area contributed by atoms with Gasteiger partial charge in [0.05, 0.1) is 25.2 Å². The Morgan fingerprint density at radius 1 is 0.571 bits per heavy atom. The van der Waals surface area contributed by atoms with Crippen molar-refractivity contribution in [1.82, 2.24) is 0 Å². The molecular formula is C47H90O9. The molecule has 1 rings (SSSR count). The van der Waals surface area contributed by atoms with E-state index in [0.717, 1.165) is 38.5 Å². The lowest BCUT2D eigenvalue weighted by Gasteiger charge is -2.40. The normalized spacial score (nSPS) is 21.8. The third kappa shape index (κ3) is 26.2. The third-order valence-electron chi connectivity index (χ3n) is 11.8. The average molecular weight is 799 g/mol. The summed E-state index contributed by atoms with van der Waals surface area (Å²) in [5, 5.41) is 62.2. The molecule has 0 aromatic carbocycles. The van der Waals surface area contributed by atoms with Gasteiger partial charge in [-0.1, -0.05) is 212 Å². The van der Waals surface area contributed by atoms with Gasteiger partial charge in [-0.2, -0.15) is 0 Å². The minimum atomic E-state index is -1.62. The van der Waals surface area contributed by atoms with E-state index in [0.29, 0.717) is 12.8 Å². The summed E-state index contributed by atoms with van der Waals surface area (Å²) in [5.41, 5.74) is 0. The Bertz CT molecular complexity index is 899. The summed E-state index contributed by atoms with van der Waals surface area (Å²) in [5.74, 6) is -1.66. The van der Waals surface area contributed by atoms with Crippen LogP contribution < -0.4 is 0 Å². The summed E-state index contributed by atoms with van der Waals surface area (Å²) in [7, 11) is 0. The van der Waals surface area contributed by atoms with Gasteiger partial charge in [0.25, 0.3) is 0 Å². The summed E-state index contributed by atoms with van der Waals surface area (Å²) >= 11 is 0. The van der Waals surface area contributed by atoms with Crippen LogP contribution in [0.1, 0.15) is 219 Å². The van der Waals surface area contributed by atoms with Crippen molar-refractivity contribution in [3.05, 3.63) is 12.2 Å². The lowest BCUT2D eigenvalue weighted by atomic mass is 9.91. The van der Waals surface area contributed by atoms with Gasteiger partial charge < -0.3 is 40.1 Å². The highest BCUT2D eigenvalue weighted by atomic mass is 16.7. The van der Waals surface area contributed by atoms with Gasteiger partial charge in [-0.3, -0.25) is 4.79 Å². The van der Waals surface area contributed by atoms with Crippen molar-refractivity contribution < 1.29 is 44.9 Å². The number of rotatable bonds is 40. The first kappa shape index (κ1) is 53.1. The number of ether oxygens (including phenoxy) is 2. The molecule has 0 aromatic heterocycles. The average Bonchev–Trinajstić information content (AvgIpc) is 3.20. The maximum atomic E-state index is 13.5. The smallest absolute Gasteiger partial charge is 0.186 e. The first-order valence-corrected chi connectivity index (χ1v) is 23.8. The van der Waals surface area contributed by atoms with Crippen molar-refractivity contribution in [2.45, 2.75) is 262 Å². The van der Waals surface area contributed by atoms with E-state index in [4.69, 9.17) is 9.47 Å². The molecule has 0 aromatic rings. The molecule has 1 saturated heterocycles. The van der Waals surface area contributed by atoms with Gasteiger partial charge in [0, 0.05) is 0 Å². The van der Waals surface area contributed by atoms with E-state index < -0.39 is 61.2 Å². The fourth-order valence-electron chi connectivity index (χ4n) is 7.85. The predicted molar refractivity (Wildman–Crippen MR) is 228 cm³/mol. The Balaban J connectivity index is 2.36. The second-order valence-electron chi connectivity index (χ2n) is 17.0. The van der Waals surface area contributed by atoms with E-state index in [2.05, 4.69) is 13.8 Å². The number of hydrogen-bond donors (Lipinski definition) is 6. The number of Topliss-reactive ketones (excluding diaryl/α,β-unsaturated/α-hetero) is 1. The molecule has 9 nitrogen and oxygen atoms in total. The Morgan fingerprint density at radius 2 is 0.964 bits per heavy atom. The molecule has 1 heterocycles. The zero-order valence-corrected chi connectivity index (χ0v) is 36.2. The fourth-order valence-corrected chi connectivity index (χ4v) is 7.85. The minimum absolute atomic E-state index is 0.295. The molecule has 0 aliphatic carbocycles. The minimum Gasteiger partial charge on any atom is -0.394 e. The van der Waals surface area contributed by atoms with Crippen molar-refractivity contribution in [3.8, 4) is 0 Å². The second kappa shape index (κ2) is 37.1. The lowest BCUT2D eigenvalue weighted by molar-refractivity contribution is -0.303. The monoisotopic (exact) mass is 799 g/mol. The Labute approximate surface area is 343 Å². The van der Waals surface area contributed by atoms with Gasteiger partial charge in [0.2, 0.25) is 0 Å². The van der Waals surface area contributed by atoms with E-state index in [1.54, 1.807) is 6.08 Å². The van der Waals surface area contributed by atoms with Crippen LogP contribution in [0.4, 0.5) is 0 Å². The summed E-state index contributed by atoms with van der Waals surface area (Å²) in [6.45, 7) is 3.53. The fraction of sp³-hybridized carbons (Fsp3) is 0.936. The molecule has 0 spiro atoms. The Kier molecular flexibility index (Phi) is 35.2. The first-order chi connectivity index (χ1) is 27.3. The van der Waals surface area contributed by atoms with Crippen molar-refractivity contribution in [2.24, 2.45) is 5.92 Å². The molecule has 1 fully saturated rings. The highest BCUT2D eigenvalue weighted by Gasteiger charge is 2.44. The van der Waals surface area contributed by atoms with E-state index in [-0.39, 0.29) is 6.61 Å². The van der Waals surface area contributed by atoms with E-state index >= 15 is 0 Å². The number of carbonyl (C=O) groups is 1. The Hall–Kier alpha value is -0.910. The number of carbonyl (C=O) groups excluding carboxylic acids is 1. The van der Waals surface area contributed by atoms with Crippen molar-refractivity contribution >= 4 is 5.78 Å². The van der Waals surface area contributed by atoms with Gasteiger partial charge in [-0.15, -0.1) is 0 Å². The van der Waals surface area contributed by atoms with Gasteiger partial charge in [-0.25, -0.2) is 0 Å². The van der Waals surface area contributed by atoms with E-state index in [1.165, 1.54) is 154 Å². The molecule has 0 unspecified atom stereocenters. The van der Waals surface area contributed by atoms with Crippen LogP contribution in [0.25, 0.3) is 0 Å². The van der Waals surface area contributed by atoms with Gasteiger partial charge in [0.1, 0.15) is 30.5 Å². The molecule has 1 aliphatic rings. The largest absolute Gasteiger partial charge is 0.394 e. The maximum absolute atomic E-state index is 13.5. The molecule has 0 amide bonds. The second-order valence-corrected chi connectivity index (χ2v) is 17.0. The van der Waals surface area contributed by atoms with Crippen LogP contribution >= 0.6 is 0 Å². The van der Waals surface area contributed by atoms with Crippen LogP contribution in [0.15, 0.2) is 12.2 Å². The van der Waals surface area contributed by atoms with Crippen molar-refractivity contribution in [1.29, 1.82) is 0 Å². The van der Waals surface area contributed by atoms with Gasteiger partial charge in [0.15, 0.2) is 12.1 Å². The van der Waals surface area contributed by atoms with Crippen LogP contribution in [-0.4, -0.2) is 92.5 Å². The van der Waals surface area contributed by atoms with Crippen molar-refractivity contribution in [3.63, 3.8) is 0 Å². The predicted octanol–water partition coefficient (Wildman–Crippen LogP) is 9.79. The van der Waals surface area contributed by atoms with E-state index in [9.17, 15) is 35.4 Å². The van der Waals surface area contributed by atoms with Crippen LogP contribution in [0.5, 0.6) is 0 Å².